The number of nitrogens with one attached hydrogen (secondary N) is 1. The van der Waals surface area contributed by atoms with Crippen molar-refractivity contribution in [1.82, 2.24) is 5.32 Å². The molecule has 0 saturated carbocycles. The molecule has 0 unspecified atom stereocenters. The first-order valence-electron chi connectivity index (χ1n) is 2.41. The molecule has 2 nitrogen and oxygen atoms in total. The Bertz CT molecular complexity index is 131. The summed E-state index contributed by atoms with van der Waals surface area (Å²) in [4.78, 5) is 4.13. The van der Waals surface area contributed by atoms with Crippen LogP contribution in [0.4, 0.5) is 0 Å². The van der Waals surface area contributed by atoms with Crippen molar-refractivity contribution in [3.63, 3.8) is 0 Å². The van der Waals surface area contributed by atoms with Gasteiger partial charge in [-0.1, -0.05) is 0 Å². The second-order valence-corrected chi connectivity index (χ2v) is 2.76. The summed E-state index contributed by atoms with van der Waals surface area (Å²) >= 11 is 2.16. The Morgan fingerprint density at radius 2 is 2.62 bits per heavy atom. The van der Waals surface area contributed by atoms with Crippen molar-refractivity contribution < 1.29 is 0 Å². The molecule has 8 heavy (non-hydrogen) atoms. The van der Waals surface area contributed by atoms with Gasteiger partial charge in [-0.2, -0.15) is 0 Å². The predicted molar refractivity (Wildman–Crippen MR) is 43.2 cm³/mol. The van der Waals surface area contributed by atoms with E-state index in [0.717, 1.165) is 10.4 Å². The highest BCUT2D eigenvalue weighted by Crippen LogP contribution is 1.99. The topological polar surface area (TPSA) is 24.4 Å². The van der Waals surface area contributed by atoms with Crippen LogP contribution in [0.1, 0.15) is 6.92 Å². The third-order valence-electron chi connectivity index (χ3n) is 0.905. The number of halogens is 1. The quantitative estimate of drug-likeness (QED) is 0.484. The lowest BCUT2D eigenvalue weighted by Gasteiger charge is -2.05. The maximum atomic E-state index is 4.13. The average Bonchev–Trinajstić information content (AvgIpc) is 1.77. The Kier molecular flexibility index (Phi) is 1.88. The minimum Gasteiger partial charge on any atom is -0.342 e. The van der Waals surface area contributed by atoms with Gasteiger partial charge in [-0.15, -0.1) is 0 Å². The lowest BCUT2D eigenvalue weighted by atomic mass is 10.3. The van der Waals surface area contributed by atoms with Crippen LogP contribution in [-0.2, 0) is 0 Å². The molecular weight excluding hydrogens is 215 g/mol. The van der Waals surface area contributed by atoms with Crippen LogP contribution in [0.3, 0.4) is 0 Å². The van der Waals surface area contributed by atoms with Gasteiger partial charge in [0, 0.05) is 6.20 Å². The van der Waals surface area contributed by atoms with E-state index in [1.807, 2.05) is 6.20 Å². The van der Waals surface area contributed by atoms with Gasteiger partial charge in [0.05, 0.1) is 6.54 Å². The zero-order chi connectivity index (χ0) is 5.98. The van der Waals surface area contributed by atoms with Gasteiger partial charge >= 0.3 is 0 Å². The van der Waals surface area contributed by atoms with Crippen LogP contribution in [0.2, 0.25) is 0 Å². The van der Waals surface area contributed by atoms with E-state index in [2.05, 4.69) is 39.8 Å². The molecule has 0 aromatic heterocycles. The molecule has 1 rings (SSSR count). The summed E-state index contributed by atoms with van der Waals surface area (Å²) < 4.78 is 0.980. The lowest BCUT2D eigenvalue weighted by molar-refractivity contribution is 1.05. The summed E-state index contributed by atoms with van der Waals surface area (Å²) in [6, 6.07) is 0. The minimum atomic E-state index is 0.852. The van der Waals surface area contributed by atoms with E-state index in [-0.39, 0.29) is 0 Å². The summed E-state index contributed by atoms with van der Waals surface area (Å²) in [5.41, 5.74) is 1.28. The fourth-order valence-corrected chi connectivity index (χ4v) is 0.794. The van der Waals surface area contributed by atoms with Gasteiger partial charge in [-0.25, -0.2) is 0 Å². The summed E-state index contributed by atoms with van der Waals surface area (Å²) in [6.07, 6.45) is 1.98. The number of aliphatic imine (C=N–C) groups is 1. The summed E-state index contributed by atoms with van der Waals surface area (Å²) in [6.45, 7) is 2.91. The first-order chi connectivity index (χ1) is 3.79. The van der Waals surface area contributed by atoms with E-state index in [0.29, 0.717) is 0 Å². The fourth-order valence-electron chi connectivity index (χ4n) is 0.468. The molecule has 0 saturated heterocycles. The Morgan fingerprint density at radius 3 is 3.00 bits per heavy atom. The predicted octanol–water partition coefficient (Wildman–Crippen LogP) is 1.28. The van der Waals surface area contributed by atoms with Gasteiger partial charge in [-0.05, 0) is 35.1 Å². The van der Waals surface area contributed by atoms with Crippen molar-refractivity contribution in [1.29, 1.82) is 0 Å². The molecule has 0 aromatic carbocycles. The first kappa shape index (κ1) is 6.07. The zero-order valence-corrected chi connectivity index (χ0v) is 6.77. The van der Waals surface area contributed by atoms with Crippen LogP contribution in [0, 0.1) is 0 Å². The van der Waals surface area contributed by atoms with Crippen LogP contribution in [0.25, 0.3) is 0 Å². The second-order valence-electron chi connectivity index (χ2n) is 1.74. The average molecular weight is 222 g/mol. The molecule has 1 heterocycles. The SMILES string of the molecule is CC1=CNC(I)=NC1. The Labute approximate surface area is 62.2 Å². The molecule has 0 spiro atoms. The first-order valence-corrected chi connectivity index (χ1v) is 3.49. The highest BCUT2D eigenvalue weighted by Gasteiger charge is 1.95. The third kappa shape index (κ3) is 1.47. The number of hydrogen-bond acceptors (Lipinski definition) is 2. The van der Waals surface area contributed by atoms with Crippen molar-refractivity contribution >= 4 is 26.4 Å². The minimum absolute atomic E-state index is 0.852. The van der Waals surface area contributed by atoms with Crippen molar-refractivity contribution in [3.05, 3.63) is 11.8 Å². The van der Waals surface area contributed by atoms with Crippen LogP contribution in [0.5, 0.6) is 0 Å². The maximum absolute atomic E-state index is 4.13. The third-order valence-corrected chi connectivity index (χ3v) is 1.56. The molecule has 0 fully saturated rings. The number of nitrogens with zero attached hydrogens (tertiary/aromatic N) is 1. The van der Waals surface area contributed by atoms with E-state index >= 15 is 0 Å². The molecule has 0 bridgehead atoms. The molecule has 1 aliphatic heterocycles. The standard InChI is InChI=1S/C5H7IN2/c1-4-2-7-5(6)8-3-4/h2H,3H2,1H3,(H,7,8). The van der Waals surface area contributed by atoms with E-state index in [1.54, 1.807) is 0 Å². The summed E-state index contributed by atoms with van der Waals surface area (Å²) in [5.74, 6) is 0. The van der Waals surface area contributed by atoms with Gasteiger partial charge in [0.15, 0.2) is 3.84 Å². The molecule has 0 radical (unpaired) electrons. The van der Waals surface area contributed by atoms with Crippen LogP contribution in [-0.4, -0.2) is 10.4 Å². The molecular formula is C5H7IN2. The van der Waals surface area contributed by atoms with E-state index in [1.165, 1.54) is 5.57 Å². The van der Waals surface area contributed by atoms with Gasteiger partial charge in [0.1, 0.15) is 0 Å². The van der Waals surface area contributed by atoms with Crippen LogP contribution >= 0.6 is 22.6 Å². The molecule has 1 N–H and O–H groups in total. The maximum Gasteiger partial charge on any atom is 0.164 e. The summed E-state index contributed by atoms with van der Waals surface area (Å²) in [5, 5.41) is 3.01. The molecule has 0 aliphatic carbocycles. The Hall–Kier alpha value is -0.0600. The second kappa shape index (κ2) is 2.48. The van der Waals surface area contributed by atoms with Gasteiger partial charge < -0.3 is 5.32 Å². The largest absolute Gasteiger partial charge is 0.342 e. The Morgan fingerprint density at radius 1 is 1.88 bits per heavy atom. The van der Waals surface area contributed by atoms with Crippen LogP contribution < -0.4 is 5.32 Å². The van der Waals surface area contributed by atoms with E-state index in [4.69, 9.17) is 0 Å². The monoisotopic (exact) mass is 222 g/mol. The van der Waals surface area contributed by atoms with Crippen LogP contribution in [0.15, 0.2) is 16.8 Å². The van der Waals surface area contributed by atoms with Crippen molar-refractivity contribution in [2.75, 3.05) is 6.54 Å². The molecule has 1 aliphatic rings. The normalized spacial score (nSPS) is 18.8. The number of rotatable bonds is 0. The lowest BCUT2D eigenvalue weighted by Crippen LogP contribution is -2.15. The number of amidine groups is 1. The van der Waals surface area contributed by atoms with E-state index < -0.39 is 0 Å². The molecule has 44 valence electrons. The van der Waals surface area contributed by atoms with Gasteiger partial charge in [0.2, 0.25) is 0 Å². The number of hydrogen-bond donors (Lipinski definition) is 1. The van der Waals surface area contributed by atoms with Crippen molar-refractivity contribution in [3.8, 4) is 0 Å². The fraction of sp³-hybridized carbons (Fsp3) is 0.400. The molecule has 0 aromatic rings. The van der Waals surface area contributed by atoms with Gasteiger partial charge in [-0.3, -0.25) is 4.99 Å². The Balaban J connectivity index is 2.54. The van der Waals surface area contributed by atoms with Crippen molar-refractivity contribution in [2.24, 2.45) is 4.99 Å². The highest BCUT2D eigenvalue weighted by molar-refractivity contribution is 14.1. The van der Waals surface area contributed by atoms with E-state index in [9.17, 15) is 0 Å². The smallest absolute Gasteiger partial charge is 0.164 e. The molecule has 3 heteroatoms. The van der Waals surface area contributed by atoms with Crippen molar-refractivity contribution in [2.45, 2.75) is 6.92 Å². The highest BCUT2D eigenvalue weighted by atomic mass is 127. The zero-order valence-electron chi connectivity index (χ0n) is 4.61. The molecule has 0 amide bonds. The summed E-state index contributed by atoms with van der Waals surface area (Å²) in [7, 11) is 0. The molecule has 0 atom stereocenters. The van der Waals surface area contributed by atoms with Gasteiger partial charge in [0.25, 0.3) is 0 Å².